The second-order valence-corrected chi connectivity index (χ2v) is 12.6. The van der Waals surface area contributed by atoms with Crippen LogP contribution in [0.2, 0.25) is 0 Å². The van der Waals surface area contributed by atoms with Gasteiger partial charge < -0.3 is 14.6 Å². The maximum absolute atomic E-state index is 13.9. The van der Waals surface area contributed by atoms with Crippen LogP contribution in [-0.2, 0) is 14.3 Å². The number of Topliss-reactive ketones (excluding diaryl/α,β-unsaturated/α-hetero) is 1. The molecule has 11 atom stereocenters. The molecule has 2 heterocycles. The molecule has 4 heteroatoms. The largest absolute Gasteiger partial charge is 0.393 e. The van der Waals surface area contributed by atoms with Gasteiger partial charge in [-0.3, -0.25) is 4.79 Å². The summed E-state index contributed by atoms with van der Waals surface area (Å²) in [7, 11) is 0. The molecule has 0 aromatic rings. The first kappa shape index (κ1) is 20.2. The van der Waals surface area contributed by atoms with E-state index in [1.54, 1.807) is 0 Å². The van der Waals surface area contributed by atoms with Crippen LogP contribution in [0.5, 0.6) is 0 Å². The summed E-state index contributed by atoms with van der Waals surface area (Å²) in [6, 6.07) is 0. The van der Waals surface area contributed by atoms with Gasteiger partial charge in [0, 0.05) is 30.6 Å². The first-order chi connectivity index (χ1) is 14.3. The molecule has 4 saturated carbocycles. The Labute approximate surface area is 181 Å². The predicted molar refractivity (Wildman–Crippen MR) is 114 cm³/mol. The molecule has 6 aliphatic rings. The van der Waals surface area contributed by atoms with Crippen molar-refractivity contribution in [3.63, 3.8) is 0 Å². The first-order valence-corrected chi connectivity index (χ1v) is 12.8. The fourth-order valence-electron chi connectivity index (χ4n) is 9.36. The summed E-state index contributed by atoms with van der Waals surface area (Å²) in [5.41, 5.74) is 0.0146. The molecule has 0 unspecified atom stereocenters. The van der Waals surface area contributed by atoms with E-state index in [2.05, 4.69) is 20.8 Å². The van der Waals surface area contributed by atoms with Crippen LogP contribution >= 0.6 is 0 Å². The number of carbonyl (C=O) groups is 1. The summed E-state index contributed by atoms with van der Waals surface area (Å²) in [6.45, 7) is 7.80. The number of aliphatic hydroxyl groups excluding tert-OH is 1. The molecule has 0 radical (unpaired) electrons. The third-order valence-electron chi connectivity index (χ3n) is 11.3. The van der Waals surface area contributed by atoms with Crippen molar-refractivity contribution in [3.8, 4) is 0 Å². The monoisotopic (exact) mass is 416 g/mol. The van der Waals surface area contributed by atoms with E-state index in [9.17, 15) is 9.90 Å². The Balaban J connectivity index is 1.27. The standard InChI is InChI=1S/C26H40O4/c1-15-6-9-26(29-14-15)13-21-22(30-26)11-20-18-5-4-16-10-17(27)7-8-24(16,2)19(18)12-23(28)25(20,21)3/h15-22,27H,4-14H2,1-3H3/t15-,16+,17+,18-,19+,20+,21+,22+,24+,25+,26-/m1/s1. The van der Waals surface area contributed by atoms with Crippen LogP contribution in [0.4, 0.5) is 0 Å². The van der Waals surface area contributed by atoms with E-state index in [-0.39, 0.29) is 23.0 Å². The molecular weight excluding hydrogens is 376 g/mol. The summed E-state index contributed by atoms with van der Waals surface area (Å²) in [5.74, 6) is 3.29. The van der Waals surface area contributed by atoms with Gasteiger partial charge >= 0.3 is 0 Å². The third-order valence-corrected chi connectivity index (χ3v) is 11.3. The maximum Gasteiger partial charge on any atom is 0.169 e. The molecule has 1 N–H and O–H groups in total. The number of ketones is 1. The molecule has 168 valence electrons. The van der Waals surface area contributed by atoms with Gasteiger partial charge in [-0.05, 0) is 80.0 Å². The van der Waals surface area contributed by atoms with E-state index < -0.39 is 5.79 Å². The van der Waals surface area contributed by atoms with E-state index in [0.717, 1.165) is 51.6 Å². The zero-order valence-corrected chi connectivity index (χ0v) is 19.1. The predicted octanol–water partition coefficient (Wildman–Crippen LogP) is 4.73. The maximum atomic E-state index is 13.9. The van der Waals surface area contributed by atoms with Crippen molar-refractivity contribution in [1.82, 2.24) is 0 Å². The number of rotatable bonds is 0. The topological polar surface area (TPSA) is 55.8 Å². The van der Waals surface area contributed by atoms with Gasteiger partial charge in [0.2, 0.25) is 0 Å². The van der Waals surface area contributed by atoms with E-state index in [1.807, 2.05) is 0 Å². The summed E-state index contributed by atoms with van der Waals surface area (Å²) in [6.07, 6.45) is 10.4. The molecule has 6 rings (SSSR count). The average molecular weight is 417 g/mol. The van der Waals surface area contributed by atoms with Crippen molar-refractivity contribution >= 4 is 5.78 Å². The zero-order valence-electron chi connectivity index (χ0n) is 19.1. The molecule has 0 amide bonds. The SMILES string of the molecule is C[C@@H]1CC[C@@]2(C[C@H]3[C@H](C[C@H]4[C@@H]5CC[C@H]6C[C@@H](O)CC[C@]6(C)[C@H]5CC(=O)[C@@]43C)O2)OC1. The fraction of sp³-hybridized carbons (Fsp3) is 0.962. The summed E-state index contributed by atoms with van der Waals surface area (Å²) in [5, 5.41) is 10.3. The Kier molecular flexibility index (Phi) is 4.40. The fourth-order valence-corrected chi connectivity index (χ4v) is 9.36. The normalized spacial score (nSPS) is 60.1. The molecule has 0 bridgehead atoms. The van der Waals surface area contributed by atoms with Gasteiger partial charge in [-0.1, -0.05) is 20.8 Å². The van der Waals surface area contributed by atoms with Crippen molar-refractivity contribution in [2.75, 3.05) is 6.61 Å². The van der Waals surface area contributed by atoms with Crippen LogP contribution in [0.3, 0.4) is 0 Å². The quantitative estimate of drug-likeness (QED) is 0.620. The highest BCUT2D eigenvalue weighted by Crippen LogP contribution is 2.69. The Bertz CT molecular complexity index is 727. The lowest BCUT2D eigenvalue weighted by atomic mass is 9.44. The number of hydrogen-bond acceptors (Lipinski definition) is 4. The Hall–Kier alpha value is -0.450. The molecule has 30 heavy (non-hydrogen) atoms. The van der Waals surface area contributed by atoms with E-state index >= 15 is 0 Å². The van der Waals surface area contributed by atoms with E-state index in [0.29, 0.717) is 41.3 Å². The van der Waals surface area contributed by atoms with Crippen LogP contribution in [0.25, 0.3) is 0 Å². The Morgan fingerprint density at radius 1 is 1.00 bits per heavy atom. The summed E-state index contributed by atoms with van der Waals surface area (Å²) in [4.78, 5) is 13.9. The Morgan fingerprint density at radius 2 is 1.83 bits per heavy atom. The minimum Gasteiger partial charge on any atom is -0.393 e. The third kappa shape index (κ3) is 2.59. The highest BCUT2D eigenvalue weighted by molar-refractivity contribution is 5.87. The number of ether oxygens (including phenoxy) is 2. The lowest BCUT2D eigenvalue weighted by Crippen LogP contribution is -2.57. The van der Waals surface area contributed by atoms with Crippen LogP contribution in [0.15, 0.2) is 0 Å². The van der Waals surface area contributed by atoms with E-state index in [4.69, 9.17) is 9.47 Å². The second-order valence-electron chi connectivity index (χ2n) is 12.6. The molecule has 2 saturated heterocycles. The minimum absolute atomic E-state index is 0.127. The molecule has 4 aliphatic carbocycles. The zero-order chi connectivity index (χ0) is 20.9. The molecule has 6 fully saturated rings. The molecule has 2 aliphatic heterocycles. The average Bonchev–Trinajstić information content (AvgIpc) is 3.20. The number of aliphatic hydroxyl groups is 1. The molecule has 4 nitrogen and oxygen atoms in total. The Morgan fingerprint density at radius 3 is 2.60 bits per heavy atom. The van der Waals surface area contributed by atoms with Gasteiger partial charge in [0.05, 0.1) is 18.8 Å². The van der Waals surface area contributed by atoms with Crippen molar-refractivity contribution in [3.05, 3.63) is 0 Å². The van der Waals surface area contributed by atoms with Crippen LogP contribution < -0.4 is 0 Å². The van der Waals surface area contributed by atoms with Gasteiger partial charge in [0.1, 0.15) is 5.78 Å². The second kappa shape index (κ2) is 6.54. The van der Waals surface area contributed by atoms with Crippen molar-refractivity contribution < 1.29 is 19.4 Å². The van der Waals surface area contributed by atoms with Crippen molar-refractivity contribution in [1.29, 1.82) is 0 Å². The first-order valence-electron chi connectivity index (χ1n) is 12.8. The van der Waals surface area contributed by atoms with Gasteiger partial charge in [0.25, 0.3) is 0 Å². The van der Waals surface area contributed by atoms with Gasteiger partial charge in [-0.25, -0.2) is 0 Å². The minimum atomic E-state index is -0.407. The molecule has 1 spiro atoms. The summed E-state index contributed by atoms with van der Waals surface area (Å²) < 4.78 is 13.0. The summed E-state index contributed by atoms with van der Waals surface area (Å²) >= 11 is 0. The van der Waals surface area contributed by atoms with Gasteiger partial charge in [0.15, 0.2) is 5.79 Å². The number of fused-ring (bicyclic) bond motifs is 7. The van der Waals surface area contributed by atoms with Crippen molar-refractivity contribution in [2.45, 2.75) is 103 Å². The van der Waals surface area contributed by atoms with Crippen LogP contribution in [-0.4, -0.2) is 35.5 Å². The lowest BCUT2D eigenvalue weighted by Gasteiger charge is -2.60. The molecular formula is C26H40O4. The molecule has 0 aromatic carbocycles. The number of hydrogen-bond donors (Lipinski definition) is 1. The van der Waals surface area contributed by atoms with Gasteiger partial charge in [-0.15, -0.1) is 0 Å². The molecule has 0 aromatic heterocycles. The number of carbonyl (C=O) groups excluding carboxylic acids is 1. The smallest absolute Gasteiger partial charge is 0.169 e. The van der Waals surface area contributed by atoms with Crippen LogP contribution in [0.1, 0.15) is 85.0 Å². The lowest BCUT2D eigenvalue weighted by molar-refractivity contribution is -0.255. The van der Waals surface area contributed by atoms with E-state index in [1.165, 1.54) is 19.3 Å². The highest BCUT2D eigenvalue weighted by atomic mass is 16.7. The van der Waals surface area contributed by atoms with Gasteiger partial charge in [-0.2, -0.15) is 0 Å². The van der Waals surface area contributed by atoms with Crippen LogP contribution in [0, 0.1) is 46.3 Å². The van der Waals surface area contributed by atoms with Crippen molar-refractivity contribution in [2.24, 2.45) is 46.3 Å². The highest BCUT2D eigenvalue weighted by Gasteiger charge is 2.69.